The molecule has 3 aromatic rings. The number of anilines is 1. The van der Waals surface area contributed by atoms with Crippen molar-refractivity contribution >= 4 is 27.0 Å². The molecule has 2 aromatic heterocycles. The first-order chi connectivity index (χ1) is 10.1. The SMILES string of the molecule is CN(c1ncccn1)S(=O)(=O)Cc1ccc2nc[nH]c2c1. The molecule has 0 saturated heterocycles. The summed E-state index contributed by atoms with van der Waals surface area (Å²) in [6, 6.07) is 6.95. The molecule has 1 N–H and O–H groups in total. The number of nitrogens with zero attached hydrogens (tertiary/aromatic N) is 4. The summed E-state index contributed by atoms with van der Waals surface area (Å²) in [4.78, 5) is 15.0. The van der Waals surface area contributed by atoms with Gasteiger partial charge in [0.2, 0.25) is 16.0 Å². The van der Waals surface area contributed by atoms with Crippen molar-refractivity contribution in [1.82, 2.24) is 19.9 Å². The molecule has 8 heteroatoms. The molecule has 108 valence electrons. The monoisotopic (exact) mass is 303 g/mol. The zero-order valence-corrected chi connectivity index (χ0v) is 12.1. The van der Waals surface area contributed by atoms with Crippen molar-refractivity contribution in [2.45, 2.75) is 5.75 Å². The highest BCUT2D eigenvalue weighted by molar-refractivity contribution is 7.92. The second-order valence-electron chi connectivity index (χ2n) is 4.53. The van der Waals surface area contributed by atoms with Crippen LogP contribution in [0.1, 0.15) is 5.56 Å². The molecule has 0 saturated carbocycles. The van der Waals surface area contributed by atoms with Gasteiger partial charge in [-0.05, 0) is 23.8 Å². The lowest BCUT2D eigenvalue weighted by Crippen LogP contribution is -2.29. The molecule has 0 atom stereocenters. The number of aromatic nitrogens is 4. The number of nitrogens with one attached hydrogen (secondary N) is 1. The summed E-state index contributed by atoms with van der Waals surface area (Å²) < 4.78 is 25.9. The van der Waals surface area contributed by atoms with E-state index in [1.807, 2.05) is 0 Å². The summed E-state index contributed by atoms with van der Waals surface area (Å²) in [6.07, 6.45) is 4.59. The Hall–Kier alpha value is -2.48. The van der Waals surface area contributed by atoms with Gasteiger partial charge in [0.25, 0.3) is 0 Å². The highest BCUT2D eigenvalue weighted by atomic mass is 32.2. The van der Waals surface area contributed by atoms with Crippen molar-refractivity contribution < 1.29 is 8.42 Å². The molecule has 0 fully saturated rings. The maximum Gasteiger partial charge on any atom is 0.241 e. The zero-order chi connectivity index (χ0) is 14.9. The summed E-state index contributed by atoms with van der Waals surface area (Å²) in [5.41, 5.74) is 2.28. The number of benzene rings is 1. The lowest BCUT2D eigenvalue weighted by Gasteiger charge is -2.16. The topological polar surface area (TPSA) is 91.8 Å². The first kappa shape index (κ1) is 13.5. The van der Waals surface area contributed by atoms with Gasteiger partial charge < -0.3 is 4.98 Å². The van der Waals surface area contributed by atoms with E-state index in [4.69, 9.17) is 0 Å². The number of hydrogen-bond acceptors (Lipinski definition) is 5. The maximum atomic E-state index is 12.4. The van der Waals surface area contributed by atoms with Crippen molar-refractivity contribution in [2.75, 3.05) is 11.4 Å². The fraction of sp³-hybridized carbons (Fsp3) is 0.154. The minimum absolute atomic E-state index is 0.128. The van der Waals surface area contributed by atoms with Crippen LogP contribution in [0.4, 0.5) is 5.95 Å². The van der Waals surface area contributed by atoms with Crippen molar-refractivity contribution in [3.8, 4) is 0 Å². The second-order valence-corrected chi connectivity index (χ2v) is 6.53. The molecule has 3 rings (SSSR count). The lowest BCUT2D eigenvalue weighted by atomic mass is 10.2. The van der Waals surface area contributed by atoms with E-state index < -0.39 is 10.0 Å². The number of H-pyrrole nitrogens is 1. The smallest absolute Gasteiger partial charge is 0.241 e. The molecule has 0 aliphatic rings. The van der Waals surface area contributed by atoms with Crippen LogP contribution in [0.3, 0.4) is 0 Å². The first-order valence-corrected chi connectivity index (χ1v) is 7.83. The Morgan fingerprint density at radius 3 is 2.71 bits per heavy atom. The van der Waals surface area contributed by atoms with Gasteiger partial charge in [0.15, 0.2) is 0 Å². The van der Waals surface area contributed by atoms with Gasteiger partial charge in [-0.1, -0.05) is 6.07 Å². The minimum atomic E-state index is -3.54. The van der Waals surface area contributed by atoms with Crippen molar-refractivity contribution in [3.05, 3.63) is 48.5 Å². The van der Waals surface area contributed by atoms with Crippen molar-refractivity contribution in [3.63, 3.8) is 0 Å². The zero-order valence-electron chi connectivity index (χ0n) is 11.3. The molecular formula is C13H13N5O2S. The van der Waals surface area contributed by atoms with Crippen LogP contribution in [0, 0.1) is 0 Å². The van der Waals surface area contributed by atoms with Crippen LogP contribution in [0.15, 0.2) is 43.0 Å². The summed E-state index contributed by atoms with van der Waals surface area (Å²) in [6.45, 7) is 0. The number of rotatable bonds is 4. The van der Waals surface area contributed by atoms with Crippen molar-refractivity contribution in [2.24, 2.45) is 0 Å². The molecule has 7 nitrogen and oxygen atoms in total. The molecule has 0 unspecified atom stereocenters. The van der Waals surface area contributed by atoms with Crippen LogP contribution in [0.25, 0.3) is 11.0 Å². The molecule has 0 aliphatic carbocycles. The number of hydrogen-bond donors (Lipinski definition) is 1. The van der Waals surface area contributed by atoms with E-state index in [-0.39, 0.29) is 11.7 Å². The Morgan fingerprint density at radius 2 is 1.95 bits per heavy atom. The van der Waals surface area contributed by atoms with E-state index in [0.29, 0.717) is 5.56 Å². The van der Waals surface area contributed by atoms with Crippen LogP contribution in [-0.2, 0) is 15.8 Å². The largest absolute Gasteiger partial charge is 0.345 e. The average molecular weight is 303 g/mol. The minimum Gasteiger partial charge on any atom is -0.345 e. The van der Waals surface area contributed by atoms with E-state index in [0.717, 1.165) is 15.3 Å². The van der Waals surface area contributed by atoms with E-state index in [9.17, 15) is 8.42 Å². The van der Waals surface area contributed by atoms with Crippen LogP contribution in [-0.4, -0.2) is 35.4 Å². The van der Waals surface area contributed by atoms with E-state index in [1.54, 1.807) is 30.6 Å². The molecular weight excluding hydrogens is 290 g/mol. The molecule has 21 heavy (non-hydrogen) atoms. The summed E-state index contributed by atoms with van der Waals surface area (Å²) in [7, 11) is -2.10. The summed E-state index contributed by atoms with van der Waals surface area (Å²) in [5, 5.41) is 0. The van der Waals surface area contributed by atoms with Gasteiger partial charge in [-0.25, -0.2) is 27.7 Å². The third-order valence-electron chi connectivity index (χ3n) is 3.08. The Bertz CT molecular complexity index is 860. The Balaban J connectivity index is 1.88. The predicted octanol–water partition coefficient (Wildman–Crippen LogP) is 1.32. The number of imidazole rings is 1. The molecule has 0 aliphatic heterocycles. The molecule has 0 bridgehead atoms. The van der Waals surface area contributed by atoms with Crippen LogP contribution in [0.2, 0.25) is 0 Å². The molecule has 0 radical (unpaired) electrons. The Kier molecular flexibility index (Phi) is 3.30. The van der Waals surface area contributed by atoms with Gasteiger partial charge in [0.1, 0.15) is 0 Å². The van der Waals surface area contributed by atoms with Gasteiger partial charge in [0.05, 0.1) is 23.1 Å². The number of fused-ring (bicyclic) bond motifs is 1. The van der Waals surface area contributed by atoms with Gasteiger partial charge in [-0.2, -0.15) is 0 Å². The number of aromatic amines is 1. The van der Waals surface area contributed by atoms with Crippen LogP contribution < -0.4 is 4.31 Å². The van der Waals surface area contributed by atoms with Gasteiger partial charge in [0, 0.05) is 19.4 Å². The second kappa shape index (κ2) is 5.13. The fourth-order valence-electron chi connectivity index (χ4n) is 1.96. The van der Waals surface area contributed by atoms with Crippen LogP contribution in [0.5, 0.6) is 0 Å². The van der Waals surface area contributed by atoms with E-state index in [2.05, 4.69) is 19.9 Å². The van der Waals surface area contributed by atoms with Crippen LogP contribution >= 0.6 is 0 Å². The van der Waals surface area contributed by atoms with E-state index in [1.165, 1.54) is 19.4 Å². The molecule has 0 amide bonds. The quantitative estimate of drug-likeness (QED) is 0.784. The van der Waals surface area contributed by atoms with Gasteiger partial charge in [-0.15, -0.1) is 0 Å². The molecule has 2 heterocycles. The third-order valence-corrected chi connectivity index (χ3v) is 4.78. The maximum absolute atomic E-state index is 12.4. The highest BCUT2D eigenvalue weighted by Crippen LogP contribution is 2.17. The van der Waals surface area contributed by atoms with Gasteiger partial charge >= 0.3 is 0 Å². The lowest BCUT2D eigenvalue weighted by molar-refractivity contribution is 0.592. The first-order valence-electron chi connectivity index (χ1n) is 6.22. The van der Waals surface area contributed by atoms with Crippen molar-refractivity contribution in [1.29, 1.82) is 0 Å². The molecule has 0 spiro atoms. The average Bonchev–Trinajstić information content (AvgIpc) is 2.94. The third kappa shape index (κ3) is 2.70. The summed E-state index contributed by atoms with van der Waals surface area (Å²) >= 11 is 0. The molecule has 1 aromatic carbocycles. The van der Waals surface area contributed by atoms with Gasteiger partial charge in [-0.3, -0.25) is 0 Å². The number of sulfonamides is 1. The predicted molar refractivity (Wildman–Crippen MR) is 79.2 cm³/mol. The Morgan fingerprint density at radius 1 is 1.19 bits per heavy atom. The summed E-state index contributed by atoms with van der Waals surface area (Å²) in [5.74, 6) is 0.0246. The van der Waals surface area contributed by atoms with E-state index >= 15 is 0 Å². The normalized spacial score (nSPS) is 11.7. The Labute approximate surface area is 121 Å². The fourth-order valence-corrected chi connectivity index (χ4v) is 3.10. The standard InChI is InChI=1S/C13H13N5O2S/c1-18(13-14-5-2-6-15-13)21(19,20)8-10-3-4-11-12(7-10)17-9-16-11/h2-7,9H,8H2,1H3,(H,16,17). The highest BCUT2D eigenvalue weighted by Gasteiger charge is 2.21.